The number of carbonyl (C=O) groups excluding carboxylic acids is 2. The van der Waals surface area contributed by atoms with Crippen LogP contribution in [-0.4, -0.2) is 18.1 Å². The van der Waals surface area contributed by atoms with Crippen molar-refractivity contribution in [3.8, 4) is 11.3 Å². The zero-order valence-corrected chi connectivity index (χ0v) is 10.6. The normalized spacial score (nSPS) is 10.7. The van der Waals surface area contributed by atoms with Gasteiger partial charge < -0.3 is 14.3 Å². The molecular formula is C14H11N2O4-. The van der Waals surface area contributed by atoms with Crippen molar-refractivity contribution in [2.24, 2.45) is 5.10 Å². The number of carboxylic acids is 1. The first-order valence-corrected chi connectivity index (χ1v) is 5.77. The second-order valence-corrected chi connectivity index (χ2v) is 4.00. The van der Waals surface area contributed by atoms with Gasteiger partial charge in [-0.25, -0.2) is 5.43 Å². The number of hydrogen-bond donors (Lipinski definition) is 1. The maximum atomic E-state index is 10.8. The van der Waals surface area contributed by atoms with E-state index in [1.54, 1.807) is 24.3 Å². The van der Waals surface area contributed by atoms with Crippen LogP contribution in [0.1, 0.15) is 23.0 Å². The zero-order valence-electron chi connectivity index (χ0n) is 10.6. The van der Waals surface area contributed by atoms with Gasteiger partial charge in [0.15, 0.2) is 0 Å². The second-order valence-electron chi connectivity index (χ2n) is 4.00. The molecule has 2 aromatic rings. The summed E-state index contributed by atoms with van der Waals surface area (Å²) in [4.78, 5) is 21.4. The Morgan fingerprint density at radius 1 is 1.30 bits per heavy atom. The van der Waals surface area contributed by atoms with Crippen LogP contribution in [0.5, 0.6) is 0 Å². The second kappa shape index (κ2) is 5.83. The van der Waals surface area contributed by atoms with Crippen molar-refractivity contribution in [1.29, 1.82) is 0 Å². The van der Waals surface area contributed by atoms with Crippen LogP contribution >= 0.6 is 0 Å². The predicted molar refractivity (Wildman–Crippen MR) is 69.9 cm³/mol. The number of nitrogens with zero attached hydrogens (tertiary/aromatic N) is 1. The van der Waals surface area contributed by atoms with Gasteiger partial charge in [-0.3, -0.25) is 4.79 Å². The first-order valence-electron chi connectivity index (χ1n) is 5.77. The van der Waals surface area contributed by atoms with Gasteiger partial charge >= 0.3 is 0 Å². The van der Waals surface area contributed by atoms with Gasteiger partial charge in [0.1, 0.15) is 11.5 Å². The molecule has 1 N–H and O–H groups in total. The summed E-state index contributed by atoms with van der Waals surface area (Å²) in [7, 11) is 0. The van der Waals surface area contributed by atoms with E-state index in [9.17, 15) is 14.7 Å². The minimum atomic E-state index is -1.24. The summed E-state index contributed by atoms with van der Waals surface area (Å²) in [6, 6.07) is 9.58. The lowest BCUT2D eigenvalue weighted by Gasteiger charge is -2.03. The molecule has 1 aromatic heterocycles. The molecule has 1 heterocycles. The average molecular weight is 271 g/mol. The lowest BCUT2D eigenvalue weighted by atomic mass is 10.1. The van der Waals surface area contributed by atoms with Crippen molar-refractivity contribution in [2.75, 3.05) is 0 Å². The number of furan rings is 1. The lowest BCUT2D eigenvalue weighted by Crippen LogP contribution is -2.22. The Morgan fingerprint density at radius 2 is 2.10 bits per heavy atom. The molecular weight excluding hydrogens is 260 g/mol. The molecule has 0 aliphatic carbocycles. The summed E-state index contributed by atoms with van der Waals surface area (Å²) in [5.74, 6) is -0.592. The topological polar surface area (TPSA) is 94.7 Å². The molecule has 0 bridgehead atoms. The highest BCUT2D eigenvalue weighted by atomic mass is 16.4. The smallest absolute Gasteiger partial charge is 0.236 e. The van der Waals surface area contributed by atoms with E-state index in [4.69, 9.17) is 4.42 Å². The van der Waals surface area contributed by atoms with Crippen molar-refractivity contribution >= 4 is 18.1 Å². The molecule has 0 aliphatic heterocycles. The van der Waals surface area contributed by atoms with Crippen LogP contribution < -0.4 is 10.5 Å². The number of hydrazone groups is 1. The van der Waals surface area contributed by atoms with E-state index in [-0.39, 0.29) is 11.5 Å². The van der Waals surface area contributed by atoms with Gasteiger partial charge in [0, 0.05) is 12.5 Å². The standard InChI is InChI=1S/C14H12N2O4/c1-9(17)16-15-8-12-5-6-13(20-12)10-3-2-4-11(7-10)14(18)19/h2-8H,1H3,(H,16,17)(H,18,19)/p-1/b15-8-. The van der Waals surface area contributed by atoms with Crippen LogP contribution in [0.2, 0.25) is 0 Å². The summed E-state index contributed by atoms with van der Waals surface area (Å²) >= 11 is 0. The summed E-state index contributed by atoms with van der Waals surface area (Å²) in [5, 5.41) is 14.5. The Kier molecular flexibility index (Phi) is 3.95. The maximum absolute atomic E-state index is 10.8. The van der Waals surface area contributed by atoms with Crippen LogP contribution in [0.25, 0.3) is 11.3 Å². The summed E-state index contributed by atoms with van der Waals surface area (Å²) < 4.78 is 5.47. The largest absolute Gasteiger partial charge is 0.545 e. The summed E-state index contributed by atoms with van der Waals surface area (Å²) in [6.07, 6.45) is 1.35. The predicted octanol–water partition coefficient (Wildman–Crippen LogP) is 0.780. The molecule has 1 aromatic carbocycles. The van der Waals surface area contributed by atoms with Gasteiger partial charge in [0.25, 0.3) is 0 Å². The van der Waals surface area contributed by atoms with Crippen LogP contribution in [0.4, 0.5) is 0 Å². The van der Waals surface area contributed by atoms with Crippen LogP contribution in [0.3, 0.4) is 0 Å². The van der Waals surface area contributed by atoms with Gasteiger partial charge in [-0.2, -0.15) is 5.10 Å². The van der Waals surface area contributed by atoms with E-state index in [0.29, 0.717) is 17.1 Å². The van der Waals surface area contributed by atoms with Crippen LogP contribution in [0, 0.1) is 0 Å². The van der Waals surface area contributed by atoms with E-state index in [0.717, 1.165) is 0 Å². The lowest BCUT2D eigenvalue weighted by molar-refractivity contribution is -0.255. The molecule has 102 valence electrons. The van der Waals surface area contributed by atoms with E-state index < -0.39 is 5.97 Å². The maximum Gasteiger partial charge on any atom is 0.236 e. The number of nitrogens with one attached hydrogen (secondary N) is 1. The summed E-state index contributed by atoms with van der Waals surface area (Å²) in [5.41, 5.74) is 2.94. The molecule has 0 atom stereocenters. The Bertz CT molecular complexity index is 673. The molecule has 0 saturated carbocycles. The highest BCUT2D eigenvalue weighted by molar-refractivity contribution is 5.87. The van der Waals surface area contributed by atoms with E-state index in [2.05, 4.69) is 10.5 Å². The van der Waals surface area contributed by atoms with Crippen molar-refractivity contribution < 1.29 is 19.1 Å². The first kappa shape index (κ1) is 13.5. The van der Waals surface area contributed by atoms with E-state index >= 15 is 0 Å². The van der Waals surface area contributed by atoms with Crippen molar-refractivity contribution in [3.63, 3.8) is 0 Å². The quantitative estimate of drug-likeness (QED) is 0.656. The van der Waals surface area contributed by atoms with Crippen molar-refractivity contribution in [3.05, 3.63) is 47.7 Å². The molecule has 1 amide bonds. The molecule has 20 heavy (non-hydrogen) atoms. The van der Waals surface area contributed by atoms with Gasteiger partial charge in [-0.05, 0) is 23.8 Å². The molecule has 6 heteroatoms. The molecule has 0 fully saturated rings. The van der Waals surface area contributed by atoms with Gasteiger partial charge in [0.05, 0.1) is 12.2 Å². The van der Waals surface area contributed by atoms with Crippen molar-refractivity contribution in [1.82, 2.24) is 5.43 Å². The molecule has 0 unspecified atom stereocenters. The number of carbonyl (C=O) groups is 2. The molecule has 6 nitrogen and oxygen atoms in total. The number of amides is 1. The van der Waals surface area contributed by atoms with Crippen LogP contribution in [-0.2, 0) is 4.79 Å². The highest BCUT2D eigenvalue weighted by Gasteiger charge is 2.05. The minimum absolute atomic E-state index is 0.0763. The third-order valence-corrected chi connectivity index (χ3v) is 2.42. The molecule has 0 radical (unpaired) electrons. The molecule has 0 spiro atoms. The fraction of sp³-hybridized carbons (Fsp3) is 0.0714. The monoisotopic (exact) mass is 271 g/mol. The number of hydrogen-bond acceptors (Lipinski definition) is 5. The van der Waals surface area contributed by atoms with Gasteiger partial charge in [-0.1, -0.05) is 18.2 Å². The molecule has 2 rings (SSSR count). The number of carboxylic acid groups (broad SMARTS) is 1. The highest BCUT2D eigenvalue weighted by Crippen LogP contribution is 2.22. The number of benzene rings is 1. The zero-order chi connectivity index (χ0) is 14.5. The molecule has 0 saturated heterocycles. The fourth-order valence-electron chi connectivity index (χ4n) is 1.56. The van der Waals surface area contributed by atoms with Crippen LogP contribution in [0.15, 0.2) is 45.9 Å². The Morgan fingerprint density at radius 3 is 2.80 bits per heavy atom. The van der Waals surface area contributed by atoms with Gasteiger partial charge in [-0.15, -0.1) is 0 Å². The van der Waals surface area contributed by atoms with Crippen molar-refractivity contribution in [2.45, 2.75) is 6.92 Å². The third kappa shape index (κ3) is 3.32. The molecule has 0 aliphatic rings. The fourth-order valence-corrected chi connectivity index (χ4v) is 1.56. The number of rotatable bonds is 4. The van der Waals surface area contributed by atoms with E-state index in [1.165, 1.54) is 25.3 Å². The Labute approximate surface area is 114 Å². The summed E-state index contributed by atoms with van der Waals surface area (Å²) in [6.45, 7) is 1.34. The van der Waals surface area contributed by atoms with E-state index in [1.807, 2.05) is 0 Å². The minimum Gasteiger partial charge on any atom is -0.545 e. The average Bonchev–Trinajstić information content (AvgIpc) is 2.87. The number of aromatic carboxylic acids is 1. The first-order chi connectivity index (χ1) is 9.56. The SMILES string of the molecule is CC(=O)N/N=C\c1ccc(-c2cccc(C(=O)[O-])c2)o1. The van der Waals surface area contributed by atoms with Gasteiger partial charge in [0.2, 0.25) is 5.91 Å². The Hall–Kier alpha value is -2.89. The Balaban J connectivity index is 2.20. The third-order valence-electron chi connectivity index (χ3n) is 2.42.